The predicted molar refractivity (Wildman–Crippen MR) is 76.8 cm³/mol. The lowest BCUT2D eigenvalue weighted by atomic mass is 10.1. The summed E-state index contributed by atoms with van der Waals surface area (Å²) in [6, 6.07) is 8.62. The first-order chi connectivity index (χ1) is 9.14. The van der Waals surface area contributed by atoms with E-state index in [1.54, 1.807) is 0 Å². The van der Waals surface area contributed by atoms with Crippen LogP contribution in [0, 0.1) is 0 Å². The number of fused-ring (bicyclic) bond motifs is 1. The van der Waals surface area contributed by atoms with E-state index < -0.39 is 9.84 Å². The van der Waals surface area contributed by atoms with Gasteiger partial charge in [0.25, 0.3) is 0 Å². The Hall–Kier alpha value is -1.33. The van der Waals surface area contributed by atoms with Crippen LogP contribution in [0.2, 0.25) is 0 Å². The molecule has 102 valence electrons. The molecule has 0 radical (unpaired) electrons. The van der Waals surface area contributed by atoms with Crippen molar-refractivity contribution in [2.45, 2.75) is 25.4 Å². The molecule has 1 aromatic heterocycles. The SMILES string of the molecule is O=S1(=O)CCC(NCc2cccc3cc[nH]c23)CC1. The van der Waals surface area contributed by atoms with Crippen molar-refractivity contribution in [1.82, 2.24) is 10.3 Å². The molecule has 19 heavy (non-hydrogen) atoms. The molecule has 2 heterocycles. The number of aromatic nitrogens is 1. The van der Waals surface area contributed by atoms with E-state index in [1.807, 2.05) is 6.20 Å². The molecule has 0 atom stereocenters. The number of H-pyrrole nitrogens is 1. The number of hydrogen-bond donors (Lipinski definition) is 2. The molecule has 0 spiro atoms. The van der Waals surface area contributed by atoms with Crippen molar-refractivity contribution in [3.8, 4) is 0 Å². The summed E-state index contributed by atoms with van der Waals surface area (Å²) in [5.74, 6) is 0.634. The van der Waals surface area contributed by atoms with Crippen LogP contribution in [0.25, 0.3) is 10.9 Å². The van der Waals surface area contributed by atoms with Crippen LogP contribution in [0.3, 0.4) is 0 Å². The molecule has 1 aliphatic heterocycles. The van der Waals surface area contributed by atoms with Crippen LogP contribution in [-0.4, -0.2) is 30.9 Å². The van der Waals surface area contributed by atoms with Crippen LogP contribution < -0.4 is 5.32 Å². The van der Waals surface area contributed by atoms with Gasteiger partial charge in [-0.2, -0.15) is 0 Å². The molecule has 2 N–H and O–H groups in total. The third-order valence-electron chi connectivity index (χ3n) is 3.81. The molecule has 1 fully saturated rings. The molecule has 1 aliphatic rings. The standard InChI is InChI=1S/C14H18N2O2S/c17-19(18)8-5-13(6-9-19)16-10-12-3-1-2-11-4-7-15-14(11)12/h1-4,7,13,15-16H,5-6,8-10H2. The van der Waals surface area contributed by atoms with Crippen LogP contribution in [0.1, 0.15) is 18.4 Å². The van der Waals surface area contributed by atoms with Gasteiger partial charge in [-0.15, -0.1) is 0 Å². The maximum atomic E-state index is 11.4. The normalized spacial score (nSPS) is 19.8. The Bertz CT molecular complexity index is 662. The fourth-order valence-corrected chi connectivity index (χ4v) is 4.14. The van der Waals surface area contributed by atoms with E-state index in [2.05, 4.69) is 34.6 Å². The molecule has 0 unspecified atom stereocenters. The fraction of sp³-hybridized carbons (Fsp3) is 0.429. The van der Waals surface area contributed by atoms with Crippen LogP contribution >= 0.6 is 0 Å². The van der Waals surface area contributed by atoms with Crippen molar-refractivity contribution in [1.29, 1.82) is 0 Å². The van der Waals surface area contributed by atoms with Gasteiger partial charge in [0.2, 0.25) is 0 Å². The third-order valence-corrected chi connectivity index (χ3v) is 5.52. The Morgan fingerprint density at radius 2 is 2.00 bits per heavy atom. The summed E-state index contributed by atoms with van der Waals surface area (Å²) in [7, 11) is -2.77. The van der Waals surface area contributed by atoms with Gasteiger partial charge in [0, 0.05) is 24.3 Å². The summed E-state index contributed by atoms with van der Waals surface area (Å²) >= 11 is 0. The zero-order valence-electron chi connectivity index (χ0n) is 10.7. The molecule has 4 nitrogen and oxygen atoms in total. The third kappa shape index (κ3) is 2.82. The summed E-state index contributed by atoms with van der Waals surface area (Å²) in [4.78, 5) is 3.25. The molecular formula is C14H18N2O2S. The molecule has 2 aromatic rings. The molecule has 0 bridgehead atoms. The highest BCUT2D eigenvalue weighted by molar-refractivity contribution is 7.91. The van der Waals surface area contributed by atoms with Crippen molar-refractivity contribution in [2.24, 2.45) is 0 Å². The van der Waals surface area contributed by atoms with Crippen molar-refractivity contribution in [3.63, 3.8) is 0 Å². The van der Waals surface area contributed by atoms with Gasteiger partial charge < -0.3 is 10.3 Å². The van der Waals surface area contributed by atoms with E-state index in [4.69, 9.17) is 0 Å². The first-order valence-electron chi connectivity index (χ1n) is 6.63. The second-order valence-corrected chi connectivity index (χ2v) is 7.47. The minimum atomic E-state index is -2.77. The van der Waals surface area contributed by atoms with E-state index in [1.165, 1.54) is 16.5 Å². The van der Waals surface area contributed by atoms with Gasteiger partial charge in [0.05, 0.1) is 11.5 Å². The van der Waals surface area contributed by atoms with Crippen LogP contribution in [0.5, 0.6) is 0 Å². The number of para-hydroxylation sites is 1. The molecule has 3 rings (SSSR count). The fourth-order valence-electron chi connectivity index (χ4n) is 2.65. The minimum Gasteiger partial charge on any atom is -0.361 e. The Morgan fingerprint density at radius 1 is 1.21 bits per heavy atom. The quantitative estimate of drug-likeness (QED) is 0.900. The second-order valence-electron chi connectivity index (χ2n) is 5.17. The average molecular weight is 278 g/mol. The molecule has 1 saturated heterocycles. The van der Waals surface area contributed by atoms with Crippen LogP contribution in [0.15, 0.2) is 30.5 Å². The van der Waals surface area contributed by atoms with E-state index in [0.29, 0.717) is 17.5 Å². The second kappa shape index (κ2) is 4.98. The smallest absolute Gasteiger partial charge is 0.150 e. The average Bonchev–Trinajstić information content (AvgIpc) is 2.86. The van der Waals surface area contributed by atoms with Crippen molar-refractivity contribution >= 4 is 20.7 Å². The molecule has 0 amide bonds. The molecule has 0 aliphatic carbocycles. The Kier molecular flexibility index (Phi) is 3.33. The van der Waals surface area contributed by atoms with Gasteiger partial charge in [-0.1, -0.05) is 18.2 Å². The molecule has 1 aromatic carbocycles. The van der Waals surface area contributed by atoms with Crippen molar-refractivity contribution in [2.75, 3.05) is 11.5 Å². The lowest BCUT2D eigenvalue weighted by Crippen LogP contribution is -2.37. The zero-order chi connectivity index (χ0) is 13.3. The van der Waals surface area contributed by atoms with E-state index >= 15 is 0 Å². The van der Waals surface area contributed by atoms with Gasteiger partial charge >= 0.3 is 0 Å². The number of hydrogen-bond acceptors (Lipinski definition) is 3. The summed E-state index contributed by atoms with van der Waals surface area (Å²) in [6.07, 6.45) is 3.40. The van der Waals surface area contributed by atoms with Gasteiger partial charge in [-0.25, -0.2) is 8.42 Å². The molecular weight excluding hydrogens is 260 g/mol. The molecule has 0 saturated carbocycles. The first kappa shape index (κ1) is 12.7. The van der Waals surface area contributed by atoms with Crippen LogP contribution in [-0.2, 0) is 16.4 Å². The summed E-state index contributed by atoms with van der Waals surface area (Å²) in [5, 5.41) is 4.69. The maximum Gasteiger partial charge on any atom is 0.150 e. The maximum absolute atomic E-state index is 11.4. The number of aromatic amines is 1. The van der Waals surface area contributed by atoms with Gasteiger partial charge in [-0.3, -0.25) is 0 Å². The lowest BCUT2D eigenvalue weighted by molar-refractivity contribution is 0.463. The largest absolute Gasteiger partial charge is 0.361 e. The summed E-state index contributed by atoms with van der Waals surface area (Å²) < 4.78 is 22.8. The Morgan fingerprint density at radius 3 is 2.79 bits per heavy atom. The van der Waals surface area contributed by atoms with Gasteiger partial charge in [-0.05, 0) is 29.9 Å². The monoisotopic (exact) mass is 278 g/mol. The van der Waals surface area contributed by atoms with E-state index in [9.17, 15) is 8.42 Å². The minimum absolute atomic E-state index is 0.314. The Balaban J connectivity index is 1.65. The highest BCUT2D eigenvalue weighted by Gasteiger charge is 2.23. The zero-order valence-corrected chi connectivity index (χ0v) is 11.5. The lowest BCUT2D eigenvalue weighted by Gasteiger charge is -2.23. The number of nitrogens with one attached hydrogen (secondary N) is 2. The number of sulfone groups is 1. The summed E-state index contributed by atoms with van der Waals surface area (Å²) in [6.45, 7) is 0.780. The van der Waals surface area contributed by atoms with E-state index in [0.717, 1.165) is 19.4 Å². The van der Waals surface area contributed by atoms with Crippen LogP contribution in [0.4, 0.5) is 0 Å². The summed E-state index contributed by atoms with van der Waals surface area (Å²) in [5.41, 5.74) is 2.40. The van der Waals surface area contributed by atoms with Gasteiger partial charge in [0.15, 0.2) is 0 Å². The number of benzene rings is 1. The number of rotatable bonds is 3. The van der Waals surface area contributed by atoms with Gasteiger partial charge in [0.1, 0.15) is 9.84 Å². The molecule has 5 heteroatoms. The van der Waals surface area contributed by atoms with Crippen molar-refractivity contribution in [3.05, 3.63) is 36.0 Å². The predicted octanol–water partition coefficient (Wildman–Crippen LogP) is 1.83. The first-order valence-corrected chi connectivity index (χ1v) is 8.45. The highest BCUT2D eigenvalue weighted by Crippen LogP contribution is 2.18. The van der Waals surface area contributed by atoms with Crippen molar-refractivity contribution < 1.29 is 8.42 Å². The van der Waals surface area contributed by atoms with E-state index in [-0.39, 0.29) is 0 Å². The topological polar surface area (TPSA) is 62.0 Å². The Labute approximate surface area is 113 Å². The highest BCUT2D eigenvalue weighted by atomic mass is 32.2.